The Kier molecular flexibility index (Phi) is 6.65. The zero-order valence-electron chi connectivity index (χ0n) is 19.3. The molecule has 0 saturated carbocycles. The molecule has 0 aliphatic heterocycles. The van der Waals surface area contributed by atoms with E-state index in [2.05, 4.69) is 102 Å². The number of hydrogen-bond donors (Lipinski definition) is 0. The van der Waals surface area contributed by atoms with E-state index in [-0.39, 0.29) is 10.8 Å². The van der Waals surface area contributed by atoms with Crippen molar-refractivity contribution in [2.45, 2.75) is 63.2 Å². The van der Waals surface area contributed by atoms with E-state index in [1.807, 2.05) is 11.8 Å². The summed E-state index contributed by atoms with van der Waals surface area (Å²) in [7, 11) is 4.25. The lowest BCUT2D eigenvalue weighted by molar-refractivity contribution is 0.332. The third-order valence-electron chi connectivity index (χ3n) is 6.38. The maximum Gasteiger partial charge on any atom is 0.0108 e. The first-order chi connectivity index (χ1) is 13.6. The Morgan fingerprint density at radius 1 is 0.931 bits per heavy atom. The molecular weight excluding hydrogens is 370 g/mol. The fourth-order valence-electron chi connectivity index (χ4n) is 4.17. The number of benzene rings is 2. The predicted octanol–water partition coefficient (Wildman–Crippen LogP) is 7.25. The standard InChI is InChI=1S/C27H37NS/c1-20(18-21-8-11-23(12-9-21)29-17-16-28(6)7)22-10-13-24-25(19-22)27(4,5)15-14-26(24,2)3/h8-13,18-19H,14-17H2,1-7H3/b20-18+. The van der Waals surface area contributed by atoms with E-state index in [9.17, 15) is 0 Å². The molecule has 1 aliphatic rings. The van der Waals surface area contributed by atoms with Gasteiger partial charge in [0, 0.05) is 17.2 Å². The van der Waals surface area contributed by atoms with E-state index in [1.54, 1.807) is 0 Å². The van der Waals surface area contributed by atoms with Gasteiger partial charge in [-0.05, 0) is 84.7 Å². The van der Waals surface area contributed by atoms with Gasteiger partial charge in [-0.3, -0.25) is 0 Å². The number of rotatable bonds is 6. The van der Waals surface area contributed by atoms with Crippen LogP contribution in [0, 0.1) is 0 Å². The summed E-state index contributed by atoms with van der Waals surface area (Å²) in [5.74, 6) is 1.13. The molecule has 0 radical (unpaired) electrons. The van der Waals surface area contributed by atoms with Gasteiger partial charge in [0.25, 0.3) is 0 Å². The fourth-order valence-corrected chi connectivity index (χ4v) is 5.19. The van der Waals surface area contributed by atoms with E-state index < -0.39 is 0 Å². The Balaban J connectivity index is 1.80. The van der Waals surface area contributed by atoms with Gasteiger partial charge in [-0.1, -0.05) is 64.1 Å². The predicted molar refractivity (Wildman–Crippen MR) is 131 cm³/mol. The second-order valence-corrected chi connectivity index (χ2v) is 11.2. The van der Waals surface area contributed by atoms with E-state index in [4.69, 9.17) is 0 Å². The maximum atomic E-state index is 2.45. The van der Waals surface area contributed by atoms with Crippen LogP contribution in [0.15, 0.2) is 47.4 Å². The highest BCUT2D eigenvalue weighted by Gasteiger charge is 2.36. The van der Waals surface area contributed by atoms with E-state index in [0.29, 0.717) is 0 Å². The van der Waals surface area contributed by atoms with Crippen LogP contribution in [0.1, 0.15) is 69.7 Å². The molecule has 0 spiro atoms. The van der Waals surface area contributed by atoms with Gasteiger partial charge in [0.2, 0.25) is 0 Å². The minimum Gasteiger partial charge on any atom is -0.309 e. The van der Waals surface area contributed by atoms with Crippen LogP contribution >= 0.6 is 11.8 Å². The number of thioether (sulfide) groups is 1. The highest BCUT2D eigenvalue weighted by molar-refractivity contribution is 7.99. The van der Waals surface area contributed by atoms with E-state index in [0.717, 1.165) is 12.3 Å². The molecule has 156 valence electrons. The van der Waals surface area contributed by atoms with Crippen molar-refractivity contribution in [1.82, 2.24) is 4.90 Å². The van der Waals surface area contributed by atoms with Crippen LogP contribution in [0.4, 0.5) is 0 Å². The highest BCUT2D eigenvalue weighted by Crippen LogP contribution is 2.46. The average Bonchev–Trinajstić information content (AvgIpc) is 2.66. The zero-order chi connectivity index (χ0) is 21.2. The molecule has 1 nitrogen and oxygen atoms in total. The maximum absolute atomic E-state index is 2.45. The molecule has 0 N–H and O–H groups in total. The Labute approximate surface area is 182 Å². The number of hydrogen-bond acceptors (Lipinski definition) is 2. The van der Waals surface area contributed by atoms with Crippen molar-refractivity contribution in [3.05, 3.63) is 64.7 Å². The molecule has 0 aromatic heterocycles. The zero-order valence-corrected chi connectivity index (χ0v) is 20.1. The second-order valence-electron chi connectivity index (χ2n) is 10.1. The number of nitrogens with zero attached hydrogens (tertiary/aromatic N) is 1. The minimum atomic E-state index is 0.257. The summed E-state index contributed by atoms with van der Waals surface area (Å²) in [6, 6.07) is 16.1. The summed E-state index contributed by atoms with van der Waals surface area (Å²) in [6.07, 6.45) is 4.84. The largest absolute Gasteiger partial charge is 0.309 e. The summed E-state index contributed by atoms with van der Waals surface area (Å²) in [5, 5.41) is 0. The lowest BCUT2D eigenvalue weighted by Gasteiger charge is -2.42. The van der Waals surface area contributed by atoms with E-state index >= 15 is 0 Å². The van der Waals surface area contributed by atoms with Crippen molar-refractivity contribution < 1.29 is 0 Å². The van der Waals surface area contributed by atoms with Gasteiger partial charge in [0.1, 0.15) is 0 Å². The first-order valence-corrected chi connectivity index (χ1v) is 11.8. The van der Waals surface area contributed by atoms with E-state index in [1.165, 1.54) is 45.6 Å². The van der Waals surface area contributed by atoms with Gasteiger partial charge in [0.15, 0.2) is 0 Å². The smallest absolute Gasteiger partial charge is 0.0108 e. The normalized spacial score (nSPS) is 18.0. The SMILES string of the molecule is C/C(=C\c1ccc(SCCN(C)C)cc1)c1ccc2c(c1)C(C)(C)CCC2(C)C. The van der Waals surface area contributed by atoms with Crippen molar-refractivity contribution in [1.29, 1.82) is 0 Å². The minimum absolute atomic E-state index is 0.257. The van der Waals surface area contributed by atoms with Crippen LogP contribution in [-0.2, 0) is 10.8 Å². The molecule has 0 saturated heterocycles. The fraction of sp³-hybridized carbons (Fsp3) is 0.481. The van der Waals surface area contributed by atoms with Crippen LogP contribution in [0.3, 0.4) is 0 Å². The number of fused-ring (bicyclic) bond motifs is 1. The van der Waals surface area contributed by atoms with Crippen LogP contribution in [-0.4, -0.2) is 31.3 Å². The summed E-state index contributed by atoms with van der Waals surface area (Å²) >= 11 is 1.93. The molecule has 0 bridgehead atoms. The second kappa shape index (κ2) is 8.70. The monoisotopic (exact) mass is 407 g/mol. The highest BCUT2D eigenvalue weighted by atomic mass is 32.2. The van der Waals surface area contributed by atoms with Crippen molar-refractivity contribution in [3.63, 3.8) is 0 Å². The average molecular weight is 408 g/mol. The van der Waals surface area contributed by atoms with Crippen LogP contribution in [0.2, 0.25) is 0 Å². The molecule has 1 aliphatic carbocycles. The molecule has 0 atom stereocenters. The Hall–Kier alpha value is -1.51. The molecule has 2 aromatic carbocycles. The molecular formula is C27H37NS. The van der Waals surface area contributed by atoms with Gasteiger partial charge in [-0.2, -0.15) is 0 Å². The quantitative estimate of drug-likeness (QED) is 0.366. The van der Waals surface area contributed by atoms with Gasteiger partial charge in [0.05, 0.1) is 0 Å². The summed E-state index contributed by atoms with van der Waals surface area (Å²) < 4.78 is 0. The van der Waals surface area contributed by atoms with Crippen molar-refractivity contribution in [3.8, 4) is 0 Å². The van der Waals surface area contributed by atoms with Crippen LogP contribution < -0.4 is 0 Å². The Bertz CT molecular complexity index is 872. The van der Waals surface area contributed by atoms with Crippen LogP contribution in [0.5, 0.6) is 0 Å². The summed E-state index contributed by atoms with van der Waals surface area (Å²) in [6.45, 7) is 12.9. The van der Waals surface area contributed by atoms with Crippen molar-refractivity contribution >= 4 is 23.4 Å². The molecule has 0 amide bonds. The summed E-state index contributed by atoms with van der Waals surface area (Å²) in [5.41, 5.74) is 7.56. The lowest BCUT2D eigenvalue weighted by atomic mass is 9.63. The third-order valence-corrected chi connectivity index (χ3v) is 7.37. The van der Waals surface area contributed by atoms with Gasteiger partial charge in [-0.25, -0.2) is 0 Å². The molecule has 29 heavy (non-hydrogen) atoms. The molecule has 3 rings (SSSR count). The molecule has 2 aromatic rings. The van der Waals surface area contributed by atoms with Crippen molar-refractivity contribution in [2.75, 3.05) is 26.4 Å². The molecule has 0 unspecified atom stereocenters. The van der Waals surface area contributed by atoms with Gasteiger partial charge >= 0.3 is 0 Å². The number of allylic oxidation sites excluding steroid dienone is 1. The van der Waals surface area contributed by atoms with Gasteiger partial charge in [-0.15, -0.1) is 11.8 Å². The lowest BCUT2D eigenvalue weighted by Crippen LogP contribution is -2.33. The molecule has 0 fully saturated rings. The topological polar surface area (TPSA) is 3.24 Å². The Morgan fingerprint density at radius 3 is 2.17 bits per heavy atom. The van der Waals surface area contributed by atoms with Crippen LogP contribution in [0.25, 0.3) is 11.6 Å². The summed E-state index contributed by atoms with van der Waals surface area (Å²) in [4.78, 5) is 3.58. The van der Waals surface area contributed by atoms with Gasteiger partial charge < -0.3 is 4.90 Å². The molecule has 0 heterocycles. The molecule has 2 heteroatoms. The first kappa shape index (κ1) is 22.2. The first-order valence-electron chi connectivity index (χ1n) is 10.8. The third kappa shape index (κ3) is 5.35. The van der Waals surface area contributed by atoms with Crippen molar-refractivity contribution in [2.24, 2.45) is 0 Å². The Morgan fingerprint density at radius 2 is 1.55 bits per heavy atom.